The Morgan fingerprint density at radius 1 is 1.24 bits per heavy atom. The second-order valence-corrected chi connectivity index (χ2v) is 6.43. The Morgan fingerprint density at radius 3 is 2.67 bits per heavy atom. The van der Waals surface area contributed by atoms with Gasteiger partial charge >= 0.3 is 0 Å². The number of nitrogens with one attached hydrogen (secondary N) is 1. The molecule has 0 fully saturated rings. The van der Waals surface area contributed by atoms with Crippen molar-refractivity contribution in [2.45, 2.75) is 13.3 Å². The van der Waals surface area contributed by atoms with E-state index in [1.54, 1.807) is 11.3 Å². The molecule has 0 spiro atoms. The number of aromatic amines is 1. The lowest BCUT2D eigenvalue weighted by Crippen LogP contribution is -2.14. The van der Waals surface area contributed by atoms with Gasteiger partial charge in [-0.25, -0.2) is 9.97 Å². The molecule has 0 atom stereocenters. The molecule has 106 valence electrons. The maximum atomic E-state index is 12.1. The van der Waals surface area contributed by atoms with Crippen molar-refractivity contribution in [1.82, 2.24) is 15.0 Å². The molecule has 2 heterocycles. The van der Waals surface area contributed by atoms with E-state index in [0.717, 1.165) is 16.3 Å². The van der Waals surface area contributed by atoms with Gasteiger partial charge in [0.1, 0.15) is 10.3 Å². The number of hydrogen-bond acceptors (Lipinski definition) is 4. The zero-order valence-corrected chi connectivity index (χ0v) is 13.7. The lowest BCUT2D eigenvalue weighted by atomic mass is 10.1. The molecule has 21 heavy (non-hydrogen) atoms. The van der Waals surface area contributed by atoms with Crippen molar-refractivity contribution in [3.63, 3.8) is 0 Å². The van der Waals surface area contributed by atoms with Crippen molar-refractivity contribution in [3.8, 4) is 11.3 Å². The van der Waals surface area contributed by atoms with E-state index in [4.69, 9.17) is 0 Å². The molecule has 0 saturated heterocycles. The minimum Gasteiger partial charge on any atom is -0.309 e. The highest BCUT2D eigenvalue weighted by atomic mass is 79.9. The molecule has 0 aliphatic heterocycles. The third-order valence-electron chi connectivity index (χ3n) is 2.97. The molecule has 2 aromatic heterocycles. The van der Waals surface area contributed by atoms with Crippen LogP contribution in [0.4, 0.5) is 0 Å². The highest BCUT2D eigenvalue weighted by Gasteiger charge is 2.12. The van der Waals surface area contributed by atoms with Crippen molar-refractivity contribution in [2.24, 2.45) is 0 Å². The number of aryl methyl sites for hydroxylation is 1. The van der Waals surface area contributed by atoms with E-state index in [1.807, 2.05) is 42.6 Å². The summed E-state index contributed by atoms with van der Waals surface area (Å²) in [5, 5.41) is 2.99. The van der Waals surface area contributed by atoms with Gasteiger partial charge in [0.15, 0.2) is 0 Å². The van der Waals surface area contributed by atoms with Crippen molar-refractivity contribution in [1.29, 1.82) is 0 Å². The number of thiazole rings is 1. The van der Waals surface area contributed by atoms with Gasteiger partial charge in [-0.3, -0.25) is 4.79 Å². The standard InChI is InChI=1S/C15H12BrN3OS/c1-9-17-11(8-21-9)7-12-18-14(13(16)15(20)19-12)10-5-3-2-4-6-10/h2-6,8H,7H2,1H3,(H,18,19,20). The van der Waals surface area contributed by atoms with Crippen LogP contribution in [0.15, 0.2) is 45.0 Å². The van der Waals surface area contributed by atoms with Gasteiger partial charge in [-0.1, -0.05) is 30.3 Å². The molecule has 0 radical (unpaired) electrons. The van der Waals surface area contributed by atoms with Crippen LogP contribution >= 0.6 is 27.3 Å². The molecular formula is C15H12BrN3OS. The van der Waals surface area contributed by atoms with Gasteiger partial charge in [-0.05, 0) is 22.9 Å². The molecule has 0 bridgehead atoms. The third kappa shape index (κ3) is 3.11. The van der Waals surface area contributed by atoms with Gasteiger partial charge in [0.25, 0.3) is 5.56 Å². The highest BCUT2D eigenvalue weighted by molar-refractivity contribution is 9.10. The lowest BCUT2D eigenvalue weighted by Gasteiger charge is -2.06. The van der Waals surface area contributed by atoms with Crippen LogP contribution in [-0.2, 0) is 6.42 Å². The number of benzene rings is 1. The Bertz CT molecular complexity index is 826. The quantitative estimate of drug-likeness (QED) is 0.775. The topological polar surface area (TPSA) is 58.6 Å². The third-order valence-corrected chi connectivity index (χ3v) is 4.53. The predicted molar refractivity (Wildman–Crippen MR) is 87.7 cm³/mol. The monoisotopic (exact) mass is 361 g/mol. The van der Waals surface area contributed by atoms with Gasteiger partial charge in [0.05, 0.1) is 16.4 Å². The van der Waals surface area contributed by atoms with Crippen LogP contribution in [-0.4, -0.2) is 15.0 Å². The summed E-state index contributed by atoms with van der Waals surface area (Å²) in [6, 6.07) is 9.65. The molecule has 3 rings (SSSR count). The van der Waals surface area contributed by atoms with Crippen LogP contribution < -0.4 is 5.56 Å². The largest absolute Gasteiger partial charge is 0.309 e. The van der Waals surface area contributed by atoms with E-state index in [0.29, 0.717) is 22.4 Å². The average Bonchev–Trinajstić information content (AvgIpc) is 2.89. The summed E-state index contributed by atoms with van der Waals surface area (Å²) in [6.45, 7) is 1.96. The summed E-state index contributed by atoms with van der Waals surface area (Å²) in [7, 11) is 0. The molecular weight excluding hydrogens is 350 g/mol. The summed E-state index contributed by atoms with van der Waals surface area (Å²) < 4.78 is 0.451. The van der Waals surface area contributed by atoms with Crippen LogP contribution in [0.25, 0.3) is 11.3 Å². The second-order valence-electron chi connectivity index (χ2n) is 4.58. The minimum atomic E-state index is -0.175. The van der Waals surface area contributed by atoms with Crippen molar-refractivity contribution in [3.05, 3.63) is 67.1 Å². The number of hydrogen-bond donors (Lipinski definition) is 1. The Balaban J connectivity index is 2.04. The first-order valence-electron chi connectivity index (χ1n) is 6.38. The number of nitrogens with zero attached hydrogens (tertiary/aromatic N) is 2. The van der Waals surface area contributed by atoms with Crippen LogP contribution in [0.2, 0.25) is 0 Å². The van der Waals surface area contributed by atoms with E-state index >= 15 is 0 Å². The first kappa shape index (κ1) is 14.2. The fourth-order valence-electron chi connectivity index (χ4n) is 2.04. The van der Waals surface area contributed by atoms with Crippen LogP contribution in [0, 0.1) is 6.92 Å². The molecule has 3 aromatic rings. The Kier molecular flexibility index (Phi) is 3.98. The summed E-state index contributed by atoms with van der Waals surface area (Å²) in [5.41, 5.74) is 2.31. The summed E-state index contributed by atoms with van der Waals surface area (Å²) in [4.78, 5) is 23.8. The highest BCUT2D eigenvalue weighted by Crippen LogP contribution is 2.23. The van der Waals surface area contributed by atoms with Gasteiger partial charge in [0.2, 0.25) is 0 Å². The SMILES string of the molecule is Cc1nc(Cc2nc(-c3ccccc3)c(Br)c(=O)[nH]2)cs1. The second kappa shape index (κ2) is 5.91. The first-order chi connectivity index (χ1) is 10.1. The van der Waals surface area contributed by atoms with Crippen molar-refractivity contribution < 1.29 is 0 Å². The maximum absolute atomic E-state index is 12.1. The number of halogens is 1. The average molecular weight is 362 g/mol. The van der Waals surface area contributed by atoms with Gasteiger partial charge < -0.3 is 4.98 Å². The van der Waals surface area contributed by atoms with Gasteiger partial charge in [0, 0.05) is 17.4 Å². The normalized spacial score (nSPS) is 10.8. The molecule has 0 saturated carbocycles. The number of aromatic nitrogens is 3. The van der Waals surface area contributed by atoms with Crippen LogP contribution in [0.5, 0.6) is 0 Å². The zero-order valence-electron chi connectivity index (χ0n) is 11.3. The van der Waals surface area contributed by atoms with Crippen molar-refractivity contribution in [2.75, 3.05) is 0 Å². The molecule has 1 N–H and O–H groups in total. The molecule has 0 amide bonds. The Hall–Kier alpha value is -1.79. The Morgan fingerprint density at radius 2 is 2.00 bits per heavy atom. The van der Waals surface area contributed by atoms with E-state index in [1.165, 1.54) is 0 Å². The van der Waals surface area contributed by atoms with Gasteiger partial charge in [-0.15, -0.1) is 11.3 Å². The molecule has 6 heteroatoms. The van der Waals surface area contributed by atoms with E-state index in [2.05, 4.69) is 30.9 Å². The van der Waals surface area contributed by atoms with Crippen LogP contribution in [0.3, 0.4) is 0 Å². The molecule has 4 nitrogen and oxygen atoms in total. The van der Waals surface area contributed by atoms with E-state index in [9.17, 15) is 4.79 Å². The predicted octanol–water partition coefficient (Wildman–Crippen LogP) is 3.56. The minimum absolute atomic E-state index is 0.175. The number of rotatable bonds is 3. The maximum Gasteiger partial charge on any atom is 0.265 e. The summed E-state index contributed by atoms with van der Waals surface area (Å²) in [6.07, 6.45) is 0.521. The Labute approximate surface area is 134 Å². The zero-order chi connectivity index (χ0) is 14.8. The van der Waals surface area contributed by atoms with E-state index < -0.39 is 0 Å². The van der Waals surface area contributed by atoms with E-state index in [-0.39, 0.29) is 5.56 Å². The molecule has 0 aliphatic rings. The fourth-order valence-corrected chi connectivity index (χ4v) is 3.07. The first-order valence-corrected chi connectivity index (χ1v) is 8.06. The lowest BCUT2D eigenvalue weighted by molar-refractivity contribution is 0.920. The molecule has 0 aliphatic carbocycles. The van der Waals surface area contributed by atoms with Crippen LogP contribution in [0.1, 0.15) is 16.5 Å². The van der Waals surface area contributed by atoms with Crippen molar-refractivity contribution >= 4 is 27.3 Å². The smallest absolute Gasteiger partial charge is 0.265 e. The fraction of sp³-hybridized carbons (Fsp3) is 0.133. The van der Waals surface area contributed by atoms with Gasteiger partial charge in [-0.2, -0.15) is 0 Å². The summed E-state index contributed by atoms with van der Waals surface area (Å²) >= 11 is 4.91. The number of H-pyrrole nitrogens is 1. The molecule has 0 unspecified atom stereocenters. The molecule has 1 aromatic carbocycles. The summed E-state index contributed by atoms with van der Waals surface area (Å²) in [5.74, 6) is 0.618.